The third kappa shape index (κ3) is 4.71. The van der Waals surface area contributed by atoms with Crippen molar-refractivity contribution in [3.8, 4) is 5.69 Å². The van der Waals surface area contributed by atoms with E-state index in [0.717, 1.165) is 0 Å². The zero-order valence-electron chi connectivity index (χ0n) is 12.3. The number of carbonyl (C=O) groups is 2. The van der Waals surface area contributed by atoms with E-state index in [9.17, 15) is 9.59 Å². The van der Waals surface area contributed by atoms with Crippen molar-refractivity contribution < 1.29 is 14.7 Å². The maximum absolute atomic E-state index is 12.0. The Hall–Kier alpha value is -2.05. The van der Waals surface area contributed by atoms with E-state index in [4.69, 9.17) is 28.3 Å². The molecule has 1 amide bonds. The fourth-order valence-electron chi connectivity index (χ4n) is 1.94. The summed E-state index contributed by atoms with van der Waals surface area (Å²) in [4.78, 5) is 22.6. The van der Waals surface area contributed by atoms with E-state index >= 15 is 0 Å². The lowest BCUT2D eigenvalue weighted by molar-refractivity contribution is -0.137. The number of nitrogens with zero attached hydrogens (tertiary/aromatic N) is 2. The van der Waals surface area contributed by atoms with Gasteiger partial charge in [-0.25, -0.2) is 4.68 Å². The molecule has 122 valence electrons. The maximum Gasteiger partial charge on any atom is 0.303 e. The van der Waals surface area contributed by atoms with Crippen LogP contribution in [0.1, 0.15) is 23.8 Å². The van der Waals surface area contributed by atoms with Gasteiger partial charge in [0.15, 0.2) is 5.69 Å². The maximum atomic E-state index is 12.0. The fraction of sp³-hybridized carbons (Fsp3) is 0.267. The lowest BCUT2D eigenvalue weighted by Gasteiger charge is -2.09. The Morgan fingerprint density at radius 2 is 2.04 bits per heavy atom. The van der Waals surface area contributed by atoms with Crippen LogP contribution >= 0.6 is 23.2 Å². The van der Waals surface area contributed by atoms with Gasteiger partial charge in [0.05, 0.1) is 15.7 Å². The smallest absolute Gasteiger partial charge is 0.303 e. The van der Waals surface area contributed by atoms with Crippen LogP contribution < -0.4 is 5.32 Å². The summed E-state index contributed by atoms with van der Waals surface area (Å²) >= 11 is 11.8. The predicted molar refractivity (Wildman–Crippen MR) is 87.3 cm³/mol. The van der Waals surface area contributed by atoms with Gasteiger partial charge in [-0.05, 0) is 30.2 Å². The number of nitrogens with one attached hydrogen (secondary N) is 1. The molecule has 1 aromatic carbocycles. The van der Waals surface area contributed by atoms with E-state index in [1.54, 1.807) is 37.4 Å². The fourth-order valence-corrected chi connectivity index (χ4v) is 2.24. The molecule has 0 aliphatic rings. The van der Waals surface area contributed by atoms with Gasteiger partial charge in [0.25, 0.3) is 5.91 Å². The molecule has 1 heterocycles. The first-order chi connectivity index (χ1) is 10.9. The molecule has 8 heteroatoms. The van der Waals surface area contributed by atoms with Crippen molar-refractivity contribution in [3.63, 3.8) is 0 Å². The van der Waals surface area contributed by atoms with Crippen LogP contribution in [0.4, 0.5) is 0 Å². The van der Waals surface area contributed by atoms with Crippen molar-refractivity contribution >= 4 is 35.1 Å². The SMILES string of the molecule is CC(CNC(=O)c1ccn(-c2ccc(Cl)c(Cl)c2)n1)CC(=O)O. The highest BCUT2D eigenvalue weighted by molar-refractivity contribution is 6.42. The van der Waals surface area contributed by atoms with Crippen LogP contribution in [0.5, 0.6) is 0 Å². The number of aliphatic carboxylic acids is 1. The molecule has 2 rings (SSSR count). The van der Waals surface area contributed by atoms with Gasteiger partial charge in [-0.2, -0.15) is 5.10 Å². The van der Waals surface area contributed by atoms with E-state index < -0.39 is 5.97 Å². The number of amides is 1. The predicted octanol–water partition coefficient (Wildman–Crippen LogP) is 3.02. The van der Waals surface area contributed by atoms with Crippen LogP contribution in [0.2, 0.25) is 10.0 Å². The second kappa shape index (κ2) is 7.48. The minimum Gasteiger partial charge on any atom is -0.481 e. The topological polar surface area (TPSA) is 84.2 Å². The number of halogens is 2. The summed E-state index contributed by atoms with van der Waals surface area (Å²) in [5, 5.41) is 16.4. The van der Waals surface area contributed by atoms with E-state index in [1.165, 1.54) is 4.68 Å². The standard InChI is InChI=1S/C15H15Cl2N3O3/c1-9(6-14(21)22)8-18-15(23)13-4-5-20(19-13)10-2-3-11(16)12(17)7-10/h2-5,7,9H,6,8H2,1H3,(H,18,23)(H,21,22). The quantitative estimate of drug-likeness (QED) is 0.833. The molecule has 0 aliphatic carbocycles. The highest BCUT2D eigenvalue weighted by Gasteiger charge is 2.13. The normalized spacial score (nSPS) is 12.0. The summed E-state index contributed by atoms with van der Waals surface area (Å²) in [5.41, 5.74) is 0.913. The van der Waals surface area contributed by atoms with Gasteiger partial charge >= 0.3 is 5.97 Å². The first kappa shape index (κ1) is 17.3. The summed E-state index contributed by atoms with van der Waals surface area (Å²) < 4.78 is 1.51. The molecular weight excluding hydrogens is 341 g/mol. The molecule has 23 heavy (non-hydrogen) atoms. The number of benzene rings is 1. The average molecular weight is 356 g/mol. The van der Waals surface area contributed by atoms with Crippen molar-refractivity contribution in [2.45, 2.75) is 13.3 Å². The number of rotatable bonds is 6. The molecule has 2 N–H and O–H groups in total. The van der Waals surface area contributed by atoms with Crippen LogP contribution in [-0.2, 0) is 4.79 Å². The third-order valence-electron chi connectivity index (χ3n) is 3.12. The van der Waals surface area contributed by atoms with Gasteiger partial charge in [0, 0.05) is 19.2 Å². The lowest BCUT2D eigenvalue weighted by atomic mass is 10.1. The molecule has 0 spiro atoms. The Kier molecular flexibility index (Phi) is 5.63. The molecule has 1 aromatic heterocycles. The highest BCUT2D eigenvalue weighted by atomic mass is 35.5. The summed E-state index contributed by atoms with van der Waals surface area (Å²) in [6.07, 6.45) is 1.63. The van der Waals surface area contributed by atoms with E-state index in [0.29, 0.717) is 15.7 Å². The number of carbonyl (C=O) groups excluding carboxylic acids is 1. The van der Waals surface area contributed by atoms with Crippen molar-refractivity contribution in [1.82, 2.24) is 15.1 Å². The number of aromatic nitrogens is 2. The zero-order valence-corrected chi connectivity index (χ0v) is 13.8. The highest BCUT2D eigenvalue weighted by Crippen LogP contribution is 2.24. The third-order valence-corrected chi connectivity index (χ3v) is 3.86. The van der Waals surface area contributed by atoms with Crippen molar-refractivity contribution in [3.05, 3.63) is 46.2 Å². The van der Waals surface area contributed by atoms with Gasteiger partial charge < -0.3 is 10.4 Å². The monoisotopic (exact) mass is 355 g/mol. The Labute approximate surface area is 143 Å². The van der Waals surface area contributed by atoms with Gasteiger partial charge in [-0.15, -0.1) is 0 Å². The Balaban J connectivity index is 2.02. The number of carboxylic acid groups (broad SMARTS) is 1. The zero-order chi connectivity index (χ0) is 17.0. The second-order valence-electron chi connectivity index (χ2n) is 5.16. The summed E-state index contributed by atoms with van der Waals surface area (Å²) in [5.74, 6) is -1.41. The molecule has 0 saturated carbocycles. The molecule has 0 fully saturated rings. The number of carboxylic acids is 1. The average Bonchev–Trinajstić information content (AvgIpc) is 2.97. The summed E-state index contributed by atoms with van der Waals surface area (Å²) in [6, 6.07) is 6.60. The van der Waals surface area contributed by atoms with Crippen LogP contribution in [0.15, 0.2) is 30.5 Å². The van der Waals surface area contributed by atoms with Crippen LogP contribution in [0.25, 0.3) is 5.69 Å². The first-order valence-electron chi connectivity index (χ1n) is 6.88. The lowest BCUT2D eigenvalue weighted by Crippen LogP contribution is -2.29. The van der Waals surface area contributed by atoms with Crippen LogP contribution in [-0.4, -0.2) is 33.3 Å². The molecule has 1 unspecified atom stereocenters. The number of hydrogen-bond acceptors (Lipinski definition) is 3. The molecule has 2 aromatic rings. The van der Waals surface area contributed by atoms with Crippen LogP contribution in [0.3, 0.4) is 0 Å². The van der Waals surface area contributed by atoms with E-state index in [1.807, 2.05) is 0 Å². The molecular formula is C15H15Cl2N3O3. The minimum absolute atomic E-state index is 0.00199. The molecule has 1 atom stereocenters. The van der Waals surface area contributed by atoms with Gasteiger partial charge in [0.1, 0.15) is 0 Å². The van der Waals surface area contributed by atoms with E-state index in [2.05, 4.69) is 10.4 Å². The number of hydrogen-bond donors (Lipinski definition) is 2. The molecule has 0 bridgehead atoms. The molecule has 6 nitrogen and oxygen atoms in total. The first-order valence-corrected chi connectivity index (χ1v) is 7.63. The largest absolute Gasteiger partial charge is 0.481 e. The van der Waals surface area contributed by atoms with Gasteiger partial charge in [-0.3, -0.25) is 9.59 Å². The Morgan fingerprint density at radius 1 is 1.30 bits per heavy atom. The molecule has 0 aliphatic heterocycles. The van der Waals surface area contributed by atoms with E-state index in [-0.39, 0.29) is 30.5 Å². The summed E-state index contributed by atoms with van der Waals surface area (Å²) in [7, 11) is 0. The van der Waals surface area contributed by atoms with Crippen LogP contribution in [0, 0.1) is 5.92 Å². The van der Waals surface area contributed by atoms with Crippen molar-refractivity contribution in [2.24, 2.45) is 5.92 Å². The van der Waals surface area contributed by atoms with Crippen molar-refractivity contribution in [1.29, 1.82) is 0 Å². The van der Waals surface area contributed by atoms with Gasteiger partial charge in [0.2, 0.25) is 0 Å². The van der Waals surface area contributed by atoms with Crippen molar-refractivity contribution in [2.75, 3.05) is 6.54 Å². The Bertz CT molecular complexity index is 731. The Morgan fingerprint density at radius 3 is 2.70 bits per heavy atom. The second-order valence-corrected chi connectivity index (χ2v) is 5.97. The molecule has 0 radical (unpaired) electrons. The summed E-state index contributed by atoms with van der Waals surface area (Å²) in [6.45, 7) is 2.02. The minimum atomic E-state index is -0.893. The van der Waals surface area contributed by atoms with Gasteiger partial charge in [-0.1, -0.05) is 30.1 Å². The molecule has 0 saturated heterocycles.